The molecule has 1 unspecified atom stereocenters. The fourth-order valence-electron chi connectivity index (χ4n) is 1.64. The third-order valence-corrected chi connectivity index (χ3v) is 3.12. The molecule has 1 rings (SSSR count). The average Bonchev–Trinajstić information content (AvgIpc) is 2.41. The summed E-state index contributed by atoms with van der Waals surface area (Å²) in [4.78, 5) is 25.0. The Morgan fingerprint density at radius 2 is 2.18 bits per heavy atom. The summed E-state index contributed by atoms with van der Waals surface area (Å²) in [5, 5.41) is 2.75. The number of amides is 2. The topological polar surface area (TPSA) is 75.4 Å². The Morgan fingerprint density at radius 1 is 1.53 bits per heavy atom. The van der Waals surface area contributed by atoms with Crippen LogP contribution in [0, 0.1) is 5.41 Å². The summed E-state index contributed by atoms with van der Waals surface area (Å²) in [5.41, 5.74) is 5.89. The van der Waals surface area contributed by atoms with E-state index in [-0.39, 0.29) is 29.8 Å². The minimum atomic E-state index is -0.179. The van der Waals surface area contributed by atoms with Gasteiger partial charge in [-0.05, 0) is 11.8 Å². The van der Waals surface area contributed by atoms with Gasteiger partial charge in [-0.15, -0.1) is 0 Å². The Labute approximate surface area is 103 Å². The maximum absolute atomic E-state index is 12.0. The summed E-state index contributed by atoms with van der Waals surface area (Å²) in [7, 11) is 0. The van der Waals surface area contributed by atoms with Crippen molar-refractivity contribution in [3.8, 4) is 0 Å². The third kappa shape index (κ3) is 4.34. The van der Waals surface area contributed by atoms with Gasteiger partial charge in [0, 0.05) is 25.6 Å². The number of hydrogen-bond acceptors (Lipinski definition) is 3. The number of rotatable bonds is 2. The second-order valence-corrected chi connectivity index (χ2v) is 5.70. The molecule has 5 heteroatoms. The van der Waals surface area contributed by atoms with Crippen LogP contribution in [0.25, 0.3) is 0 Å². The van der Waals surface area contributed by atoms with Gasteiger partial charge >= 0.3 is 0 Å². The third-order valence-electron chi connectivity index (χ3n) is 3.12. The molecule has 0 saturated carbocycles. The second kappa shape index (κ2) is 5.49. The molecule has 1 fully saturated rings. The van der Waals surface area contributed by atoms with Gasteiger partial charge in [-0.1, -0.05) is 20.8 Å². The van der Waals surface area contributed by atoms with Crippen molar-refractivity contribution in [3.05, 3.63) is 0 Å². The lowest BCUT2D eigenvalue weighted by molar-refractivity contribution is -0.135. The van der Waals surface area contributed by atoms with E-state index in [1.54, 1.807) is 4.90 Å². The van der Waals surface area contributed by atoms with Gasteiger partial charge in [0.15, 0.2) is 0 Å². The minimum absolute atomic E-state index is 0.0236. The average molecular weight is 241 g/mol. The number of nitrogens with zero attached hydrogens (tertiary/aromatic N) is 1. The molecule has 0 aromatic rings. The lowest BCUT2D eigenvalue weighted by Crippen LogP contribution is -2.43. The highest BCUT2D eigenvalue weighted by molar-refractivity contribution is 5.85. The van der Waals surface area contributed by atoms with Crippen LogP contribution in [0.4, 0.5) is 0 Å². The van der Waals surface area contributed by atoms with Gasteiger partial charge in [0.05, 0.1) is 6.54 Å². The van der Waals surface area contributed by atoms with Crippen LogP contribution in [-0.4, -0.2) is 42.4 Å². The predicted molar refractivity (Wildman–Crippen MR) is 66.3 cm³/mol. The molecule has 1 atom stereocenters. The van der Waals surface area contributed by atoms with Crippen LogP contribution in [0.1, 0.15) is 33.6 Å². The zero-order chi connectivity index (χ0) is 13.1. The van der Waals surface area contributed by atoms with Gasteiger partial charge < -0.3 is 16.0 Å². The maximum atomic E-state index is 12.0. The molecule has 5 nitrogen and oxygen atoms in total. The normalized spacial score (nSPS) is 19.5. The monoisotopic (exact) mass is 241 g/mol. The lowest BCUT2D eigenvalue weighted by Gasteiger charge is -2.29. The van der Waals surface area contributed by atoms with E-state index >= 15 is 0 Å². The Hall–Kier alpha value is -1.10. The van der Waals surface area contributed by atoms with Crippen LogP contribution in [0.15, 0.2) is 0 Å². The van der Waals surface area contributed by atoms with E-state index in [2.05, 4.69) is 5.32 Å². The van der Waals surface area contributed by atoms with Crippen molar-refractivity contribution in [3.63, 3.8) is 0 Å². The van der Waals surface area contributed by atoms with Crippen LogP contribution < -0.4 is 11.1 Å². The highest BCUT2D eigenvalue weighted by Crippen LogP contribution is 2.20. The van der Waals surface area contributed by atoms with Crippen LogP contribution in [0.5, 0.6) is 0 Å². The van der Waals surface area contributed by atoms with Crippen molar-refractivity contribution in [1.82, 2.24) is 10.2 Å². The molecule has 0 radical (unpaired) electrons. The molecule has 1 aliphatic rings. The van der Waals surface area contributed by atoms with Gasteiger partial charge in [0.2, 0.25) is 11.8 Å². The molecular formula is C12H23N3O2. The Bertz CT molecular complexity index is 297. The second-order valence-electron chi connectivity index (χ2n) is 5.70. The Morgan fingerprint density at radius 3 is 2.76 bits per heavy atom. The van der Waals surface area contributed by atoms with Crippen molar-refractivity contribution in [1.29, 1.82) is 0 Å². The molecule has 0 spiro atoms. The Balaban J connectivity index is 2.54. The van der Waals surface area contributed by atoms with E-state index in [4.69, 9.17) is 5.73 Å². The standard InChI is InChI=1S/C12H23N3O2/c1-12(2,3)9(13)7-11(17)15-6-4-5-14-10(16)8-15/h9H,4-8,13H2,1-3H3,(H,14,16). The predicted octanol–water partition coefficient (Wildman–Crippen LogP) is 0.0984. The first kappa shape index (κ1) is 14.0. The Kier molecular flexibility index (Phi) is 4.51. The molecule has 0 bridgehead atoms. The molecule has 1 aliphatic heterocycles. The van der Waals surface area contributed by atoms with Crippen molar-refractivity contribution in [2.24, 2.45) is 11.1 Å². The van der Waals surface area contributed by atoms with Crippen molar-refractivity contribution >= 4 is 11.8 Å². The molecule has 0 aromatic carbocycles. The highest BCUT2D eigenvalue weighted by Gasteiger charge is 2.27. The van der Waals surface area contributed by atoms with Gasteiger partial charge in [0.1, 0.15) is 0 Å². The summed E-state index contributed by atoms with van der Waals surface area (Å²) >= 11 is 0. The van der Waals surface area contributed by atoms with E-state index < -0.39 is 0 Å². The van der Waals surface area contributed by atoms with Crippen LogP contribution in [-0.2, 0) is 9.59 Å². The molecule has 0 aliphatic carbocycles. The first-order valence-electron chi connectivity index (χ1n) is 6.11. The highest BCUT2D eigenvalue weighted by atomic mass is 16.2. The first-order chi connectivity index (χ1) is 7.80. The fourth-order valence-corrected chi connectivity index (χ4v) is 1.64. The first-order valence-corrected chi connectivity index (χ1v) is 6.11. The molecule has 1 saturated heterocycles. The molecule has 98 valence electrons. The van der Waals surface area contributed by atoms with Gasteiger partial charge in [-0.3, -0.25) is 9.59 Å². The molecule has 0 aromatic heterocycles. The quantitative estimate of drug-likeness (QED) is 0.720. The summed E-state index contributed by atoms with van der Waals surface area (Å²) in [5.74, 6) is -0.107. The zero-order valence-electron chi connectivity index (χ0n) is 11.0. The van der Waals surface area contributed by atoms with Gasteiger partial charge in [0.25, 0.3) is 0 Å². The summed E-state index contributed by atoms with van der Waals surface area (Å²) < 4.78 is 0. The van der Waals surface area contributed by atoms with Crippen molar-refractivity contribution in [2.45, 2.75) is 39.7 Å². The number of nitrogens with one attached hydrogen (secondary N) is 1. The van der Waals surface area contributed by atoms with Gasteiger partial charge in [-0.25, -0.2) is 0 Å². The van der Waals surface area contributed by atoms with Gasteiger partial charge in [-0.2, -0.15) is 0 Å². The SMILES string of the molecule is CC(C)(C)C(N)CC(=O)N1CCCNC(=O)C1. The van der Waals surface area contributed by atoms with Crippen molar-refractivity contribution in [2.75, 3.05) is 19.6 Å². The smallest absolute Gasteiger partial charge is 0.239 e. The molecular weight excluding hydrogens is 218 g/mol. The fraction of sp³-hybridized carbons (Fsp3) is 0.833. The summed E-state index contributed by atoms with van der Waals surface area (Å²) in [6, 6.07) is -0.179. The molecule has 1 heterocycles. The van der Waals surface area contributed by atoms with E-state index in [0.717, 1.165) is 6.42 Å². The summed E-state index contributed by atoms with van der Waals surface area (Å²) in [6.45, 7) is 7.48. The zero-order valence-corrected chi connectivity index (χ0v) is 11.0. The van der Waals surface area contributed by atoms with Crippen LogP contribution in [0.2, 0.25) is 0 Å². The van der Waals surface area contributed by atoms with E-state index in [0.29, 0.717) is 19.5 Å². The largest absolute Gasteiger partial charge is 0.354 e. The van der Waals surface area contributed by atoms with E-state index in [9.17, 15) is 9.59 Å². The molecule has 3 N–H and O–H groups in total. The number of hydrogen-bond donors (Lipinski definition) is 2. The molecule has 2 amide bonds. The number of nitrogens with two attached hydrogens (primary N) is 1. The van der Waals surface area contributed by atoms with E-state index in [1.165, 1.54) is 0 Å². The number of carbonyl (C=O) groups is 2. The van der Waals surface area contributed by atoms with Crippen LogP contribution in [0.3, 0.4) is 0 Å². The number of carbonyl (C=O) groups excluding carboxylic acids is 2. The lowest BCUT2D eigenvalue weighted by atomic mass is 9.85. The minimum Gasteiger partial charge on any atom is -0.354 e. The van der Waals surface area contributed by atoms with E-state index in [1.807, 2.05) is 20.8 Å². The van der Waals surface area contributed by atoms with Crippen LogP contribution >= 0.6 is 0 Å². The summed E-state index contributed by atoms with van der Waals surface area (Å²) in [6.07, 6.45) is 1.11. The molecule has 17 heavy (non-hydrogen) atoms. The van der Waals surface area contributed by atoms with Crippen molar-refractivity contribution < 1.29 is 9.59 Å². The maximum Gasteiger partial charge on any atom is 0.239 e.